The maximum Gasteiger partial charge on any atom is 0.117 e. The van der Waals surface area contributed by atoms with Crippen LogP contribution in [0.25, 0.3) is 0 Å². The van der Waals surface area contributed by atoms with Gasteiger partial charge in [0.25, 0.3) is 0 Å². The molecule has 0 saturated heterocycles. The Morgan fingerprint density at radius 1 is 1.38 bits per heavy atom. The van der Waals surface area contributed by atoms with Crippen molar-refractivity contribution < 1.29 is 9.52 Å². The summed E-state index contributed by atoms with van der Waals surface area (Å²) in [5.74, 6) is 1.90. The lowest BCUT2D eigenvalue weighted by Gasteiger charge is -2.31. The highest BCUT2D eigenvalue weighted by molar-refractivity contribution is 5.05. The Hall–Kier alpha value is -1.66. The molecule has 1 aliphatic rings. The molecule has 2 atom stereocenters. The molecule has 2 aromatic heterocycles. The van der Waals surface area contributed by atoms with Crippen molar-refractivity contribution in [2.75, 3.05) is 0 Å². The fraction of sp³-hybridized carbons (Fsp3) is 0.600. The van der Waals surface area contributed by atoms with Crippen LogP contribution in [-0.2, 0) is 13.2 Å². The minimum absolute atomic E-state index is 0.0590. The number of aliphatic hydroxyl groups excluding tert-OH is 1. The van der Waals surface area contributed by atoms with E-state index in [1.54, 1.807) is 0 Å². The summed E-state index contributed by atoms with van der Waals surface area (Å²) >= 11 is 0. The molecule has 1 aliphatic carbocycles. The van der Waals surface area contributed by atoms with Gasteiger partial charge in [-0.1, -0.05) is 18.1 Å². The Balaban J connectivity index is 1.66. The van der Waals surface area contributed by atoms with E-state index in [2.05, 4.69) is 15.6 Å². The Bertz CT molecular complexity index is 578. The first-order valence-corrected chi connectivity index (χ1v) is 7.56. The highest BCUT2D eigenvalue weighted by Gasteiger charge is 2.27. The molecule has 1 fully saturated rings. The third-order valence-electron chi connectivity index (χ3n) is 4.12. The molecular formula is C15H22N4O2. The van der Waals surface area contributed by atoms with Crippen molar-refractivity contribution in [3.05, 3.63) is 35.5 Å². The number of rotatable bonds is 5. The van der Waals surface area contributed by atoms with Gasteiger partial charge in [0, 0.05) is 6.04 Å². The second-order valence-electron chi connectivity index (χ2n) is 5.70. The summed E-state index contributed by atoms with van der Waals surface area (Å²) < 4.78 is 7.51. The molecule has 2 aromatic rings. The molecule has 0 amide bonds. The summed E-state index contributed by atoms with van der Waals surface area (Å²) in [5, 5.41) is 20.9. The van der Waals surface area contributed by atoms with Gasteiger partial charge in [0.15, 0.2) is 0 Å². The first kappa shape index (κ1) is 14.3. The van der Waals surface area contributed by atoms with E-state index in [-0.39, 0.29) is 6.61 Å². The number of nitrogens with one attached hydrogen (secondary N) is 1. The van der Waals surface area contributed by atoms with Gasteiger partial charge in [0.1, 0.15) is 17.2 Å². The van der Waals surface area contributed by atoms with Crippen LogP contribution in [0.5, 0.6) is 0 Å². The van der Waals surface area contributed by atoms with E-state index in [1.165, 1.54) is 12.8 Å². The van der Waals surface area contributed by atoms with Crippen LogP contribution in [0.15, 0.2) is 22.7 Å². The first-order valence-electron chi connectivity index (χ1n) is 7.56. The van der Waals surface area contributed by atoms with Crippen molar-refractivity contribution >= 4 is 0 Å². The fourth-order valence-electron chi connectivity index (χ4n) is 3.03. The molecule has 1 saturated carbocycles. The topological polar surface area (TPSA) is 76.1 Å². The van der Waals surface area contributed by atoms with Gasteiger partial charge in [-0.2, -0.15) is 0 Å². The third-order valence-corrected chi connectivity index (χ3v) is 4.12. The van der Waals surface area contributed by atoms with Crippen LogP contribution in [-0.4, -0.2) is 26.1 Å². The zero-order chi connectivity index (χ0) is 14.7. The van der Waals surface area contributed by atoms with Crippen molar-refractivity contribution in [1.82, 2.24) is 20.3 Å². The molecule has 0 bridgehead atoms. The Morgan fingerprint density at radius 2 is 2.24 bits per heavy atom. The summed E-state index contributed by atoms with van der Waals surface area (Å²) in [6.07, 6.45) is 6.49. The summed E-state index contributed by atoms with van der Waals surface area (Å²) in [5.41, 5.74) is 0.626. The second-order valence-corrected chi connectivity index (χ2v) is 5.70. The zero-order valence-electron chi connectivity index (χ0n) is 12.3. The van der Waals surface area contributed by atoms with Crippen LogP contribution >= 0.6 is 0 Å². The maximum atomic E-state index is 9.13. The monoisotopic (exact) mass is 290 g/mol. The molecule has 3 rings (SSSR count). The third kappa shape index (κ3) is 3.33. The number of aryl methyl sites for hydroxylation is 1. The number of aromatic nitrogens is 3. The van der Waals surface area contributed by atoms with E-state index >= 15 is 0 Å². The molecule has 0 radical (unpaired) electrons. The molecule has 21 heavy (non-hydrogen) atoms. The summed E-state index contributed by atoms with van der Waals surface area (Å²) in [7, 11) is 0. The van der Waals surface area contributed by atoms with Gasteiger partial charge in [-0.3, -0.25) is 0 Å². The number of aliphatic hydroxyl groups is 1. The van der Waals surface area contributed by atoms with Crippen LogP contribution in [0.2, 0.25) is 0 Å². The Kier molecular flexibility index (Phi) is 4.36. The number of hydrogen-bond donors (Lipinski definition) is 2. The molecule has 2 N–H and O–H groups in total. The first-order chi connectivity index (χ1) is 10.3. The summed E-state index contributed by atoms with van der Waals surface area (Å²) in [6, 6.07) is 4.65. The van der Waals surface area contributed by atoms with Gasteiger partial charge in [0.05, 0.1) is 25.4 Å². The van der Waals surface area contributed by atoms with Crippen LogP contribution in [0.1, 0.15) is 48.9 Å². The quantitative estimate of drug-likeness (QED) is 0.880. The van der Waals surface area contributed by atoms with Gasteiger partial charge >= 0.3 is 0 Å². The second kappa shape index (κ2) is 6.41. The summed E-state index contributed by atoms with van der Waals surface area (Å²) in [4.78, 5) is 0. The molecule has 6 nitrogen and oxygen atoms in total. The molecule has 2 heterocycles. The van der Waals surface area contributed by atoms with E-state index in [4.69, 9.17) is 9.52 Å². The summed E-state index contributed by atoms with van der Waals surface area (Å²) in [6.45, 7) is 2.63. The van der Waals surface area contributed by atoms with Gasteiger partial charge < -0.3 is 14.8 Å². The van der Waals surface area contributed by atoms with Crippen molar-refractivity contribution in [3.8, 4) is 0 Å². The SMILES string of the molecule is Cc1ccc(CN[C@H]2CCCC[C@H]2n2cc(CO)nn2)o1. The molecular weight excluding hydrogens is 268 g/mol. The predicted molar refractivity (Wildman–Crippen MR) is 77.5 cm³/mol. The number of hydrogen-bond acceptors (Lipinski definition) is 5. The molecule has 114 valence electrons. The van der Waals surface area contributed by atoms with Gasteiger partial charge in [-0.05, 0) is 31.9 Å². The average molecular weight is 290 g/mol. The van der Waals surface area contributed by atoms with E-state index in [0.29, 0.717) is 17.8 Å². The van der Waals surface area contributed by atoms with Gasteiger partial charge in [-0.25, -0.2) is 4.68 Å². The zero-order valence-corrected chi connectivity index (χ0v) is 12.3. The lowest BCUT2D eigenvalue weighted by Crippen LogP contribution is -2.39. The van der Waals surface area contributed by atoms with Crippen LogP contribution in [0.3, 0.4) is 0 Å². The molecule has 0 aliphatic heterocycles. The Morgan fingerprint density at radius 3 is 2.95 bits per heavy atom. The van der Waals surface area contributed by atoms with E-state index < -0.39 is 0 Å². The predicted octanol–water partition coefficient (Wildman–Crippen LogP) is 1.95. The van der Waals surface area contributed by atoms with Crippen molar-refractivity contribution in [3.63, 3.8) is 0 Å². The largest absolute Gasteiger partial charge is 0.465 e. The highest BCUT2D eigenvalue weighted by Crippen LogP contribution is 2.28. The van der Waals surface area contributed by atoms with Gasteiger partial charge in [0.2, 0.25) is 0 Å². The van der Waals surface area contributed by atoms with Crippen molar-refractivity contribution in [2.24, 2.45) is 0 Å². The van der Waals surface area contributed by atoms with E-state index in [1.807, 2.05) is 29.9 Å². The number of furan rings is 1. The van der Waals surface area contributed by atoms with E-state index in [9.17, 15) is 0 Å². The minimum Gasteiger partial charge on any atom is -0.465 e. The smallest absolute Gasteiger partial charge is 0.117 e. The average Bonchev–Trinajstić information content (AvgIpc) is 3.14. The molecule has 6 heteroatoms. The highest BCUT2D eigenvalue weighted by atomic mass is 16.3. The van der Waals surface area contributed by atoms with Crippen molar-refractivity contribution in [1.29, 1.82) is 0 Å². The molecule has 0 unspecified atom stereocenters. The lowest BCUT2D eigenvalue weighted by molar-refractivity contribution is 0.238. The van der Waals surface area contributed by atoms with Crippen LogP contribution in [0, 0.1) is 6.92 Å². The fourth-order valence-corrected chi connectivity index (χ4v) is 3.03. The van der Waals surface area contributed by atoms with Crippen molar-refractivity contribution in [2.45, 2.75) is 57.8 Å². The molecule has 0 aromatic carbocycles. The normalized spacial score (nSPS) is 22.6. The molecule has 0 spiro atoms. The number of nitrogens with zero attached hydrogens (tertiary/aromatic N) is 3. The van der Waals surface area contributed by atoms with E-state index in [0.717, 1.165) is 30.9 Å². The Labute approximate surface area is 124 Å². The standard InChI is InChI=1S/C15H22N4O2/c1-11-6-7-13(21-11)8-16-14-4-2-3-5-15(14)19-9-12(10-20)17-18-19/h6-7,9,14-16,20H,2-5,8,10H2,1H3/t14-,15+/m0/s1. The maximum absolute atomic E-state index is 9.13. The van der Waals surface area contributed by atoms with Crippen LogP contribution in [0.4, 0.5) is 0 Å². The van der Waals surface area contributed by atoms with Gasteiger partial charge in [-0.15, -0.1) is 5.10 Å². The minimum atomic E-state index is -0.0590. The van der Waals surface area contributed by atoms with Crippen LogP contribution < -0.4 is 5.32 Å². The lowest BCUT2D eigenvalue weighted by atomic mass is 9.90.